The molecule has 0 aromatic heterocycles. The van der Waals surface area contributed by atoms with Crippen LogP contribution >= 0.6 is 8.60 Å². The fourth-order valence-corrected chi connectivity index (χ4v) is 7.46. The lowest BCUT2D eigenvalue weighted by Crippen LogP contribution is -2.17. The van der Waals surface area contributed by atoms with Gasteiger partial charge in [-0.1, -0.05) is 140 Å². The minimum absolute atomic E-state index is 0.0450. The standard InChI is InChI=1S/C47H61O4P/c1-43(2,3)34-19-17-30-27-41(37(45(7,8)9)25-32(30)23-34)50-52(49-40-22-21-36(48-16)29-39(40)47(13,14)15)51-42-28-31-18-20-35(44(4,5)6)24-33(31)26-38(42)46(10,11)12/h17-29H,1-16H3. The number of ether oxygens (including phenoxy) is 1. The molecule has 5 rings (SSSR count). The first-order valence-electron chi connectivity index (χ1n) is 18.5. The highest BCUT2D eigenvalue weighted by atomic mass is 31.2. The maximum Gasteiger partial charge on any atom is 0.530 e. The van der Waals surface area contributed by atoms with Crippen LogP contribution in [0, 0.1) is 0 Å². The number of hydrogen-bond donors (Lipinski definition) is 0. The van der Waals surface area contributed by atoms with E-state index in [0.717, 1.165) is 44.7 Å². The molecular formula is C47H61O4P. The Morgan fingerprint density at radius 3 is 1.12 bits per heavy atom. The molecule has 0 saturated carbocycles. The molecule has 0 saturated heterocycles. The zero-order valence-corrected chi connectivity index (χ0v) is 35.5. The molecule has 5 aromatic carbocycles. The quantitative estimate of drug-likeness (QED) is 0.157. The molecule has 4 nitrogen and oxygen atoms in total. The topological polar surface area (TPSA) is 36.9 Å². The Labute approximate surface area is 315 Å². The second kappa shape index (κ2) is 13.9. The van der Waals surface area contributed by atoms with Crippen LogP contribution in [0.1, 0.15) is 132 Å². The van der Waals surface area contributed by atoms with Gasteiger partial charge in [0, 0.05) is 16.7 Å². The van der Waals surface area contributed by atoms with E-state index in [1.54, 1.807) is 7.11 Å². The van der Waals surface area contributed by atoms with E-state index in [2.05, 4.69) is 171 Å². The van der Waals surface area contributed by atoms with Crippen LogP contribution in [0.15, 0.2) is 78.9 Å². The maximum atomic E-state index is 7.04. The molecular weight excluding hydrogens is 659 g/mol. The third-order valence-corrected chi connectivity index (χ3v) is 10.8. The van der Waals surface area contributed by atoms with Gasteiger partial charge in [0.1, 0.15) is 23.0 Å². The van der Waals surface area contributed by atoms with Crippen LogP contribution in [0.4, 0.5) is 0 Å². The maximum absolute atomic E-state index is 7.04. The zero-order chi connectivity index (χ0) is 38.6. The highest BCUT2D eigenvalue weighted by Crippen LogP contribution is 2.50. The lowest BCUT2D eigenvalue weighted by atomic mass is 9.83. The molecule has 0 spiro atoms. The predicted molar refractivity (Wildman–Crippen MR) is 223 cm³/mol. The van der Waals surface area contributed by atoms with Crippen molar-refractivity contribution in [3.8, 4) is 23.0 Å². The van der Waals surface area contributed by atoms with Gasteiger partial charge in [0.05, 0.1) is 7.11 Å². The van der Waals surface area contributed by atoms with E-state index in [9.17, 15) is 0 Å². The van der Waals surface area contributed by atoms with Crippen LogP contribution in [0.3, 0.4) is 0 Å². The van der Waals surface area contributed by atoms with Gasteiger partial charge in [-0.05, 0) is 102 Å². The summed E-state index contributed by atoms with van der Waals surface area (Å²) in [5, 5.41) is 4.61. The average Bonchev–Trinajstić information content (AvgIpc) is 3.01. The van der Waals surface area contributed by atoms with Gasteiger partial charge in [0.15, 0.2) is 0 Å². The Hall–Kier alpha value is -3.75. The third-order valence-electron chi connectivity index (χ3n) is 9.74. The molecule has 278 valence electrons. The smallest absolute Gasteiger partial charge is 0.497 e. The summed E-state index contributed by atoms with van der Waals surface area (Å²) >= 11 is 0. The molecule has 52 heavy (non-hydrogen) atoms. The largest absolute Gasteiger partial charge is 0.530 e. The summed E-state index contributed by atoms with van der Waals surface area (Å²) in [4.78, 5) is 0. The molecule has 0 aliphatic rings. The summed E-state index contributed by atoms with van der Waals surface area (Å²) in [6.07, 6.45) is 0. The Balaban J connectivity index is 1.70. The monoisotopic (exact) mass is 720 g/mol. The Bertz CT molecular complexity index is 1960. The second-order valence-corrected chi connectivity index (χ2v) is 20.4. The molecule has 0 aliphatic carbocycles. The van der Waals surface area contributed by atoms with Crippen molar-refractivity contribution in [2.24, 2.45) is 0 Å². The van der Waals surface area contributed by atoms with Crippen LogP contribution in [0.5, 0.6) is 23.0 Å². The van der Waals surface area contributed by atoms with Crippen molar-refractivity contribution in [3.63, 3.8) is 0 Å². The van der Waals surface area contributed by atoms with Gasteiger partial charge in [0.25, 0.3) is 0 Å². The summed E-state index contributed by atoms with van der Waals surface area (Å²) in [5.41, 5.74) is 5.27. The number of hydrogen-bond acceptors (Lipinski definition) is 4. The van der Waals surface area contributed by atoms with Crippen molar-refractivity contribution < 1.29 is 18.3 Å². The summed E-state index contributed by atoms with van der Waals surface area (Å²) in [7, 11) is -0.302. The van der Waals surface area contributed by atoms with Crippen molar-refractivity contribution in [3.05, 3.63) is 107 Å². The van der Waals surface area contributed by atoms with E-state index >= 15 is 0 Å². The van der Waals surface area contributed by atoms with Crippen LogP contribution in [0.25, 0.3) is 21.5 Å². The van der Waals surface area contributed by atoms with Crippen molar-refractivity contribution in [2.75, 3.05) is 7.11 Å². The summed E-state index contributed by atoms with van der Waals surface area (Å²) < 4.78 is 26.7. The van der Waals surface area contributed by atoms with Crippen LogP contribution in [0.2, 0.25) is 0 Å². The number of benzene rings is 5. The van der Waals surface area contributed by atoms with Crippen molar-refractivity contribution >= 4 is 30.1 Å². The SMILES string of the molecule is COc1ccc(OP(Oc2cc3ccc(C(C)(C)C)cc3cc2C(C)(C)C)Oc2cc3ccc(C(C)(C)C)cc3cc2C(C)(C)C)c(C(C)(C)C)c1. The number of methoxy groups -OCH3 is 1. The molecule has 0 atom stereocenters. The molecule has 0 aliphatic heterocycles. The van der Waals surface area contributed by atoms with E-state index < -0.39 is 8.60 Å². The number of rotatable bonds is 7. The lowest BCUT2D eigenvalue weighted by Gasteiger charge is -2.29. The molecule has 0 unspecified atom stereocenters. The fraction of sp³-hybridized carbons (Fsp3) is 0.447. The van der Waals surface area contributed by atoms with Gasteiger partial charge in [0.2, 0.25) is 0 Å². The minimum Gasteiger partial charge on any atom is -0.497 e. The highest BCUT2D eigenvalue weighted by Gasteiger charge is 2.31. The molecule has 5 aromatic rings. The van der Waals surface area contributed by atoms with Crippen molar-refractivity contribution in [1.82, 2.24) is 0 Å². The molecule has 0 fully saturated rings. The summed E-state index contributed by atoms with van der Waals surface area (Å²) in [6.45, 7) is 33.4. The molecule has 0 heterocycles. The molecule has 0 radical (unpaired) electrons. The molecule has 0 bridgehead atoms. The fourth-order valence-electron chi connectivity index (χ4n) is 6.41. The summed E-state index contributed by atoms with van der Waals surface area (Å²) in [5.74, 6) is 3.00. The van der Waals surface area contributed by atoms with E-state index in [-0.39, 0.29) is 27.1 Å². The van der Waals surface area contributed by atoms with Crippen LogP contribution in [-0.4, -0.2) is 7.11 Å². The Morgan fingerprint density at radius 1 is 0.365 bits per heavy atom. The zero-order valence-electron chi connectivity index (χ0n) is 34.6. The highest BCUT2D eigenvalue weighted by molar-refractivity contribution is 7.43. The van der Waals surface area contributed by atoms with Gasteiger partial charge in [-0.3, -0.25) is 0 Å². The minimum atomic E-state index is -1.99. The van der Waals surface area contributed by atoms with E-state index in [1.165, 1.54) is 21.9 Å². The van der Waals surface area contributed by atoms with Gasteiger partial charge in [-0.2, -0.15) is 0 Å². The second-order valence-electron chi connectivity index (χ2n) is 19.4. The van der Waals surface area contributed by atoms with E-state index in [0.29, 0.717) is 5.75 Å². The van der Waals surface area contributed by atoms with Crippen molar-refractivity contribution in [1.29, 1.82) is 0 Å². The first kappa shape index (κ1) is 39.5. The van der Waals surface area contributed by atoms with Gasteiger partial charge < -0.3 is 18.3 Å². The van der Waals surface area contributed by atoms with Crippen LogP contribution < -0.4 is 18.3 Å². The first-order valence-corrected chi connectivity index (χ1v) is 19.6. The molecule has 0 N–H and O–H groups in total. The summed E-state index contributed by atoms with van der Waals surface area (Å²) in [6, 6.07) is 28.3. The van der Waals surface area contributed by atoms with Gasteiger partial charge in [-0.15, -0.1) is 0 Å². The van der Waals surface area contributed by atoms with E-state index in [4.69, 9.17) is 18.3 Å². The van der Waals surface area contributed by atoms with Crippen LogP contribution in [-0.2, 0) is 27.1 Å². The van der Waals surface area contributed by atoms with Crippen molar-refractivity contribution in [2.45, 2.75) is 131 Å². The Kier molecular flexibility index (Phi) is 10.6. The third kappa shape index (κ3) is 8.88. The predicted octanol–water partition coefficient (Wildman–Crippen LogP) is 14.3. The normalized spacial score (nSPS) is 13.2. The van der Waals surface area contributed by atoms with Gasteiger partial charge >= 0.3 is 8.60 Å². The Morgan fingerprint density at radius 2 is 0.750 bits per heavy atom. The average molecular weight is 721 g/mol. The lowest BCUT2D eigenvalue weighted by molar-refractivity contribution is 0.371. The van der Waals surface area contributed by atoms with Gasteiger partial charge in [-0.25, -0.2) is 0 Å². The molecule has 5 heteroatoms. The number of fused-ring (bicyclic) bond motifs is 2. The van der Waals surface area contributed by atoms with E-state index in [1.807, 2.05) is 12.1 Å². The molecule has 0 amide bonds. The first-order chi connectivity index (χ1) is 23.8.